The third-order valence-electron chi connectivity index (χ3n) is 3.46. The fourth-order valence-electron chi connectivity index (χ4n) is 2.24. The molecular weight excluding hydrogens is 316 g/mol. The van der Waals surface area contributed by atoms with Gasteiger partial charge in [0.05, 0.1) is 12.6 Å². The Balaban J connectivity index is 2.03. The van der Waals surface area contributed by atoms with Crippen LogP contribution in [-0.4, -0.2) is 19.6 Å². The van der Waals surface area contributed by atoms with Crippen molar-refractivity contribution in [2.75, 3.05) is 7.11 Å². The minimum atomic E-state index is -2.88. The maximum Gasteiger partial charge on any atom is 0.387 e. The number of halogens is 2. The smallest absolute Gasteiger partial charge is 0.387 e. The van der Waals surface area contributed by atoms with Gasteiger partial charge in [-0.15, -0.1) is 0 Å². The first-order valence-corrected chi connectivity index (χ1v) is 7.43. The van der Waals surface area contributed by atoms with E-state index in [1.54, 1.807) is 38.3 Å². The van der Waals surface area contributed by atoms with Crippen molar-refractivity contribution in [3.05, 3.63) is 65.2 Å². The summed E-state index contributed by atoms with van der Waals surface area (Å²) in [5.41, 5.74) is 2.16. The zero-order valence-electron chi connectivity index (χ0n) is 13.5. The molecule has 0 aliphatic rings. The number of hydrogen-bond acceptors (Lipinski definition) is 3. The Kier molecular flexibility index (Phi) is 6.26. The van der Waals surface area contributed by atoms with Gasteiger partial charge < -0.3 is 14.8 Å². The number of methoxy groups -OCH3 is 1. The summed E-state index contributed by atoms with van der Waals surface area (Å²) in [5, 5.41) is 2.83. The van der Waals surface area contributed by atoms with Crippen LogP contribution in [0.25, 0.3) is 0 Å². The van der Waals surface area contributed by atoms with Crippen LogP contribution in [0.1, 0.15) is 34.5 Å². The largest absolute Gasteiger partial charge is 0.435 e. The fraction of sp³-hybridized carbons (Fsp3) is 0.278. The standard InChI is InChI=1S/C18H19F2NO3/c1-12(15-4-3-5-16(10-15)24-18(19)20)21-17(22)14-8-6-13(7-9-14)11-23-2/h3-10,12,18H,11H2,1-2H3,(H,21,22)/t12-/m1/s1. The van der Waals surface area contributed by atoms with Crippen LogP contribution in [0.15, 0.2) is 48.5 Å². The van der Waals surface area contributed by atoms with Gasteiger partial charge in [0.1, 0.15) is 5.75 Å². The van der Waals surface area contributed by atoms with Gasteiger partial charge in [-0.3, -0.25) is 4.79 Å². The molecule has 0 aliphatic heterocycles. The van der Waals surface area contributed by atoms with Crippen molar-refractivity contribution < 1.29 is 23.0 Å². The van der Waals surface area contributed by atoms with Gasteiger partial charge in [0.15, 0.2) is 0 Å². The molecule has 2 aromatic carbocycles. The summed E-state index contributed by atoms with van der Waals surface area (Å²) >= 11 is 0. The Hall–Kier alpha value is -2.47. The summed E-state index contributed by atoms with van der Waals surface area (Å²) in [6, 6.07) is 13.0. The highest BCUT2D eigenvalue weighted by Gasteiger charge is 2.13. The molecule has 128 valence electrons. The predicted octanol–water partition coefficient (Wildman–Crippen LogP) is 3.93. The van der Waals surface area contributed by atoms with Gasteiger partial charge in [-0.05, 0) is 42.3 Å². The highest BCUT2D eigenvalue weighted by molar-refractivity contribution is 5.94. The van der Waals surface area contributed by atoms with Crippen molar-refractivity contribution >= 4 is 5.91 Å². The molecule has 4 nitrogen and oxygen atoms in total. The molecule has 0 radical (unpaired) electrons. The summed E-state index contributed by atoms with van der Waals surface area (Å²) in [7, 11) is 1.61. The molecule has 2 rings (SSSR count). The number of carbonyl (C=O) groups is 1. The first kappa shape index (κ1) is 17.9. The second-order valence-electron chi connectivity index (χ2n) is 5.28. The molecule has 0 aromatic heterocycles. The number of benzene rings is 2. The number of rotatable bonds is 7. The summed E-state index contributed by atoms with van der Waals surface area (Å²) in [4.78, 5) is 12.3. The minimum absolute atomic E-state index is 0.0625. The molecule has 0 saturated heterocycles. The van der Waals surface area contributed by atoms with E-state index in [2.05, 4.69) is 10.1 Å². The zero-order valence-corrected chi connectivity index (χ0v) is 13.5. The van der Waals surface area contributed by atoms with E-state index in [4.69, 9.17) is 4.74 Å². The second-order valence-corrected chi connectivity index (χ2v) is 5.28. The van der Waals surface area contributed by atoms with E-state index < -0.39 is 6.61 Å². The summed E-state index contributed by atoms with van der Waals surface area (Å²) in [6.45, 7) is -0.621. The van der Waals surface area contributed by atoms with Crippen LogP contribution in [0, 0.1) is 0 Å². The molecule has 0 aliphatic carbocycles. The second kappa shape index (κ2) is 8.40. The van der Waals surface area contributed by atoms with Crippen LogP contribution in [0.3, 0.4) is 0 Å². The maximum atomic E-state index is 12.3. The van der Waals surface area contributed by atoms with Gasteiger partial charge >= 0.3 is 6.61 Å². The maximum absolute atomic E-state index is 12.3. The van der Waals surface area contributed by atoms with E-state index in [-0.39, 0.29) is 17.7 Å². The first-order valence-electron chi connectivity index (χ1n) is 7.43. The molecule has 24 heavy (non-hydrogen) atoms. The van der Waals surface area contributed by atoms with Crippen molar-refractivity contribution in [1.82, 2.24) is 5.32 Å². The van der Waals surface area contributed by atoms with E-state index >= 15 is 0 Å². The van der Waals surface area contributed by atoms with Gasteiger partial charge in [0, 0.05) is 12.7 Å². The molecule has 1 N–H and O–H groups in total. The quantitative estimate of drug-likeness (QED) is 0.834. The minimum Gasteiger partial charge on any atom is -0.435 e. The number of alkyl halides is 2. The number of nitrogens with one attached hydrogen (secondary N) is 1. The molecule has 0 spiro atoms. The average molecular weight is 335 g/mol. The monoisotopic (exact) mass is 335 g/mol. The lowest BCUT2D eigenvalue weighted by Crippen LogP contribution is -2.26. The Bertz CT molecular complexity index is 674. The van der Waals surface area contributed by atoms with E-state index in [1.807, 2.05) is 12.1 Å². The van der Waals surface area contributed by atoms with Crippen LogP contribution in [-0.2, 0) is 11.3 Å². The molecule has 0 fully saturated rings. The van der Waals surface area contributed by atoms with Gasteiger partial charge in [-0.25, -0.2) is 0 Å². The topological polar surface area (TPSA) is 47.6 Å². The lowest BCUT2D eigenvalue weighted by atomic mass is 10.1. The zero-order chi connectivity index (χ0) is 17.5. The van der Waals surface area contributed by atoms with Crippen molar-refractivity contribution in [1.29, 1.82) is 0 Å². The van der Waals surface area contributed by atoms with Gasteiger partial charge in [0.2, 0.25) is 0 Å². The van der Waals surface area contributed by atoms with Crippen LogP contribution in [0.4, 0.5) is 8.78 Å². The lowest BCUT2D eigenvalue weighted by molar-refractivity contribution is -0.0499. The highest BCUT2D eigenvalue weighted by atomic mass is 19.3. The molecule has 2 aromatic rings. The summed E-state index contributed by atoms with van der Waals surface area (Å²) < 4.78 is 33.9. The summed E-state index contributed by atoms with van der Waals surface area (Å²) in [5.74, 6) is -0.181. The van der Waals surface area contributed by atoms with Crippen molar-refractivity contribution in [3.63, 3.8) is 0 Å². The third-order valence-corrected chi connectivity index (χ3v) is 3.46. The van der Waals surface area contributed by atoms with Gasteiger partial charge in [-0.1, -0.05) is 24.3 Å². The molecular formula is C18H19F2NO3. The molecule has 1 amide bonds. The lowest BCUT2D eigenvalue weighted by Gasteiger charge is -2.16. The van der Waals surface area contributed by atoms with Crippen molar-refractivity contribution in [2.45, 2.75) is 26.2 Å². The van der Waals surface area contributed by atoms with Crippen LogP contribution < -0.4 is 10.1 Å². The van der Waals surface area contributed by atoms with E-state index in [1.165, 1.54) is 12.1 Å². The van der Waals surface area contributed by atoms with E-state index in [0.717, 1.165) is 5.56 Å². The normalized spacial score (nSPS) is 12.0. The molecule has 0 unspecified atom stereocenters. The number of hydrogen-bond donors (Lipinski definition) is 1. The van der Waals surface area contributed by atoms with Crippen molar-refractivity contribution in [2.24, 2.45) is 0 Å². The Morgan fingerprint density at radius 3 is 2.50 bits per heavy atom. The predicted molar refractivity (Wildman–Crippen MR) is 86.1 cm³/mol. The summed E-state index contributed by atoms with van der Waals surface area (Å²) in [6.07, 6.45) is 0. The Morgan fingerprint density at radius 2 is 1.88 bits per heavy atom. The Labute approximate surface area is 139 Å². The fourth-order valence-corrected chi connectivity index (χ4v) is 2.24. The molecule has 0 heterocycles. The Morgan fingerprint density at radius 1 is 1.17 bits per heavy atom. The van der Waals surface area contributed by atoms with E-state index in [0.29, 0.717) is 17.7 Å². The van der Waals surface area contributed by atoms with Crippen molar-refractivity contribution in [3.8, 4) is 5.75 Å². The highest BCUT2D eigenvalue weighted by Crippen LogP contribution is 2.21. The molecule has 6 heteroatoms. The molecule has 0 saturated carbocycles. The van der Waals surface area contributed by atoms with Crippen LogP contribution in [0.5, 0.6) is 5.75 Å². The van der Waals surface area contributed by atoms with Gasteiger partial charge in [-0.2, -0.15) is 8.78 Å². The number of carbonyl (C=O) groups excluding carboxylic acids is 1. The van der Waals surface area contributed by atoms with Crippen LogP contribution in [0.2, 0.25) is 0 Å². The third kappa shape index (κ3) is 5.03. The SMILES string of the molecule is COCc1ccc(C(=O)N[C@H](C)c2cccc(OC(F)F)c2)cc1. The number of amides is 1. The average Bonchev–Trinajstić information content (AvgIpc) is 2.55. The first-order chi connectivity index (χ1) is 11.5. The van der Waals surface area contributed by atoms with Gasteiger partial charge in [0.25, 0.3) is 5.91 Å². The molecule has 1 atom stereocenters. The molecule has 0 bridgehead atoms. The number of ether oxygens (including phenoxy) is 2. The van der Waals surface area contributed by atoms with E-state index in [9.17, 15) is 13.6 Å². The van der Waals surface area contributed by atoms with Crippen LogP contribution >= 0.6 is 0 Å².